The molecule has 0 saturated carbocycles. The number of hydrogen-bond donors (Lipinski definition) is 1. The molecule has 0 saturated heterocycles. The molecule has 0 atom stereocenters. The summed E-state index contributed by atoms with van der Waals surface area (Å²) in [6.45, 7) is 10.0. The predicted octanol–water partition coefficient (Wildman–Crippen LogP) is 2.94. The fourth-order valence-electron chi connectivity index (χ4n) is 1.88. The van der Waals surface area contributed by atoms with E-state index in [1.54, 1.807) is 0 Å². The van der Waals surface area contributed by atoms with Gasteiger partial charge in [0.05, 0.1) is 0 Å². The van der Waals surface area contributed by atoms with Crippen molar-refractivity contribution in [1.82, 2.24) is 5.32 Å². The molecule has 15 heavy (non-hydrogen) atoms. The Balaban J connectivity index is 3.14. The summed E-state index contributed by atoms with van der Waals surface area (Å²) < 4.78 is 0. The van der Waals surface area contributed by atoms with Crippen LogP contribution in [0.15, 0.2) is 36.1 Å². The highest BCUT2D eigenvalue weighted by Crippen LogP contribution is 2.35. The molecule has 82 valence electrons. The number of nitrogens with one attached hydrogen (secondary N) is 1. The zero-order chi connectivity index (χ0) is 11.5. The third-order valence-corrected chi connectivity index (χ3v) is 2.62. The van der Waals surface area contributed by atoms with Crippen LogP contribution in [0.25, 0.3) is 0 Å². The Morgan fingerprint density at radius 3 is 2.73 bits per heavy atom. The van der Waals surface area contributed by atoms with Gasteiger partial charge in [-0.25, -0.2) is 0 Å². The average molecular weight is 205 g/mol. The van der Waals surface area contributed by atoms with Gasteiger partial charge in [-0.2, -0.15) is 0 Å². The second kappa shape index (κ2) is 4.47. The topological polar surface area (TPSA) is 29.1 Å². The summed E-state index contributed by atoms with van der Waals surface area (Å²) in [6, 6.07) is 0. The van der Waals surface area contributed by atoms with Crippen molar-refractivity contribution in [3.63, 3.8) is 0 Å². The van der Waals surface area contributed by atoms with Crippen molar-refractivity contribution in [2.24, 2.45) is 5.41 Å². The number of carbonyl (C=O) groups excluding carboxylic acids is 1. The van der Waals surface area contributed by atoms with Gasteiger partial charge in [-0.05, 0) is 18.1 Å². The largest absolute Gasteiger partial charge is 0.326 e. The molecule has 0 aliphatic carbocycles. The van der Waals surface area contributed by atoms with Crippen molar-refractivity contribution in [1.29, 1.82) is 0 Å². The summed E-state index contributed by atoms with van der Waals surface area (Å²) in [4.78, 5) is 11.5. The van der Waals surface area contributed by atoms with E-state index in [9.17, 15) is 4.79 Å². The molecule has 0 aromatic rings. The van der Waals surface area contributed by atoms with Gasteiger partial charge in [0.2, 0.25) is 5.91 Å². The van der Waals surface area contributed by atoms with Crippen LogP contribution < -0.4 is 5.32 Å². The minimum Gasteiger partial charge on any atom is -0.326 e. The standard InChI is InChI=1S/C13H19NO/c1-5-7-8-11-10(6-2)13(3,4)9-12(15)14-11/h6-8H,2,5,9H2,1,3-4H3,(H,14,15)/b8-7-. The molecule has 0 fully saturated rings. The quantitative estimate of drug-likeness (QED) is 0.754. The fourth-order valence-corrected chi connectivity index (χ4v) is 1.88. The van der Waals surface area contributed by atoms with Crippen LogP contribution in [0, 0.1) is 5.41 Å². The first-order valence-corrected chi connectivity index (χ1v) is 5.35. The Bertz CT molecular complexity index is 334. The first-order chi connectivity index (χ1) is 7.01. The Hall–Kier alpha value is -1.31. The van der Waals surface area contributed by atoms with Gasteiger partial charge in [-0.1, -0.05) is 39.5 Å². The Morgan fingerprint density at radius 2 is 2.20 bits per heavy atom. The molecule has 1 aliphatic heterocycles. The Kier molecular flexibility index (Phi) is 3.51. The zero-order valence-electron chi connectivity index (χ0n) is 9.76. The molecule has 1 N–H and O–H groups in total. The summed E-state index contributed by atoms with van der Waals surface area (Å²) in [5.74, 6) is 0.0846. The maximum Gasteiger partial charge on any atom is 0.225 e. The van der Waals surface area contributed by atoms with E-state index >= 15 is 0 Å². The van der Waals surface area contributed by atoms with Crippen LogP contribution in [0.5, 0.6) is 0 Å². The number of carbonyl (C=O) groups is 1. The third kappa shape index (κ3) is 2.58. The molecule has 2 heteroatoms. The predicted molar refractivity (Wildman–Crippen MR) is 63.2 cm³/mol. The SMILES string of the molecule is C=CC1=C(/C=C\CC)NC(=O)CC1(C)C. The van der Waals surface area contributed by atoms with Gasteiger partial charge in [0.25, 0.3) is 0 Å². The molecule has 0 bridgehead atoms. The molecule has 1 rings (SSSR count). The van der Waals surface area contributed by atoms with E-state index < -0.39 is 0 Å². The third-order valence-electron chi connectivity index (χ3n) is 2.62. The van der Waals surface area contributed by atoms with Gasteiger partial charge >= 0.3 is 0 Å². The second-order valence-corrected chi connectivity index (χ2v) is 4.45. The van der Waals surface area contributed by atoms with Crippen LogP contribution in [0.2, 0.25) is 0 Å². The van der Waals surface area contributed by atoms with Gasteiger partial charge in [-0.3, -0.25) is 4.79 Å². The van der Waals surface area contributed by atoms with Gasteiger partial charge in [0.15, 0.2) is 0 Å². The summed E-state index contributed by atoms with van der Waals surface area (Å²) in [5, 5.41) is 2.89. The van der Waals surface area contributed by atoms with Gasteiger partial charge in [0.1, 0.15) is 0 Å². The van der Waals surface area contributed by atoms with Crippen molar-refractivity contribution >= 4 is 5.91 Å². The molecule has 0 spiro atoms. The lowest BCUT2D eigenvalue weighted by molar-refractivity contribution is -0.122. The van der Waals surface area contributed by atoms with Crippen LogP contribution in [0.1, 0.15) is 33.6 Å². The highest BCUT2D eigenvalue weighted by Gasteiger charge is 2.31. The lowest BCUT2D eigenvalue weighted by Crippen LogP contribution is -2.36. The van der Waals surface area contributed by atoms with E-state index in [0.717, 1.165) is 17.7 Å². The first-order valence-electron chi connectivity index (χ1n) is 5.35. The number of rotatable bonds is 3. The van der Waals surface area contributed by atoms with Gasteiger partial charge in [-0.15, -0.1) is 0 Å². The average Bonchev–Trinajstić information content (AvgIpc) is 2.12. The molecule has 0 aromatic carbocycles. The first kappa shape index (κ1) is 11.8. The molecule has 2 nitrogen and oxygen atoms in total. The van der Waals surface area contributed by atoms with Crippen molar-refractivity contribution in [3.05, 3.63) is 36.1 Å². The molecule has 1 amide bonds. The lowest BCUT2D eigenvalue weighted by atomic mass is 9.77. The molecule has 0 unspecified atom stereocenters. The molecule has 0 aromatic heterocycles. The number of allylic oxidation sites excluding steroid dienone is 4. The second-order valence-electron chi connectivity index (χ2n) is 4.45. The van der Waals surface area contributed by atoms with Crippen LogP contribution in [-0.4, -0.2) is 5.91 Å². The lowest BCUT2D eigenvalue weighted by Gasteiger charge is -2.32. The summed E-state index contributed by atoms with van der Waals surface area (Å²) >= 11 is 0. The van der Waals surface area contributed by atoms with Crippen LogP contribution in [-0.2, 0) is 4.79 Å². The maximum absolute atomic E-state index is 11.5. The van der Waals surface area contributed by atoms with Gasteiger partial charge in [0, 0.05) is 17.5 Å². The Morgan fingerprint density at radius 1 is 1.53 bits per heavy atom. The highest BCUT2D eigenvalue weighted by molar-refractivity contribution is 5.82. The van der Waals surface area contributed by atoms with Crippen molar-refractivity contribution in [3.8, 4) is 0 Å². The molecule has 1 heterocycles. The van der Waals surface area contributed by atoms with Crippen molar-refractivity contribution in [2.75, 3.05) is 0 Å². The van der Waals surface area contributed by atoms with Crippen LogP contribution in [0.3, 0.4) is 0 Å². The van der Waals surface area contributed by atoms with E-state index in [1.165, 1.54) is 0 Å². The summed E-state index contributed by atoms with van der Waals surface area (Å²) in [6.07, 6.45) is 7.34. The highest BCUT2D eigenvalue weighted by atomic mass is 16.1. The van der Waals surface area contributed by atoms with Crippen molar-refractivity contribution in [2.45, 2.75) is 33.6 Å². The normalized spacial score (nSPS) is 20.6. The minimum absolute atomic E-state index is 0.0846. The monoisotopic (exact) mass is 205 g/mol. The number of hydrogen-bond acceptors (Lipinski definition) is 1. The van der Waals surface area contributed by atoms with E-state index in [0.29, 0.717) is 6.42 Å². The van der Waals surface area contributed by atoms with E-state index in [2.05, 4.69) is 32.7 Å². The maximum atomic E-state index is 11.5. The van der Waals surface area contributed by atoms with E-state index in [4.69, 9.17) is 0 Å². The van der Waals surface area contributed by atoms with E-state index in [1.807, 2.05) is 18.2 Å². The van der Waals surface area contributed by atoms with E-state index in [-0.39, 0.29) is 11.3 Å². The molecule has 0 radical (unpaired) electrons. The minimum atomic E-state index is -0.114. The summed E-state index contributed by atoms with van der Waals surface area (Å²) in [7, 11) is 0. The molecular weight excluding hydrogens is 186 g/mol. The Labute approximate surface area is 91.8 Å². The number of amides is 1. The smallest absolute Gasteiger partial charge is 0.225 e. The molecule has 1 aliphatic rings. The van der Waals surface area contributed by atoms with Crippen LogP contribution in [0.4, 0.5) is 0 Å². The zero-order valence-corrected chi connectivity index (χ0v) is 9.76. The van der Waals surface area contributed by atoms with Crippen LogP contribution >= 0.6 is 0 Å². The fraction of sp³-hybridized carbons (Fsp3) is 0.462. The molecular formula is C13H19NO. The summed E-state index contributed by atoms with van der Waals surface area (Å²) in [5.41, 5.74) is 1.90. The van der Waals surface area contributed by atoms with Gasteiger partial charge < -0.3 is 5.32 Å². The van der Waals surface area contributed by atoms with Crippen molar-refractivity contribution < 1.29 is 4.79 Å².